The van der Waals surface area contributed by atoms with Gasteiger partial charge in [-0.05, 0) is 19.4 Å². The minimum absolute atomic E-state index is 0.0259. The lowest BCUT2D eigenvalue weighted by atomic mass is 10.2. The highest BCUT2D eigenvalue weighted by Crippen LogP contribution is 1.98. The zero-order valence-corrected chi connectivity index (χ0v) is 13.9. The van der Waals surface area contributed by atoms with Crippen molar-refractivity contribution < 1.29 is 13.2 Å². The van der Waals surface area contributed by atoms with Gasteiger partial charge in [0.25, 0.3) is 0 Å². The molecule has 0 aliphatic heterocycles. The van der Waals surface area contributed by atoms with Crippen LogP contribution in [0.25, 0.3) is 0 Å². The fraction of sp³-hybridized carbons (Fsp3) is 0.923. The highest BCUT2D eigenvalue weighted by atomic mass is 32.2. The van der Waals surface area contributed by atoms with Crippen molar-refractivity contribution in [2.45, 2.75) is 46.1 Å². The molecular formula is C13H29N3O3S. The molecule has 0 aliphatic carbocycles. The van der Waals surface area contributed by atoms with Crippen LogP contribution >= 0.6 is 0 Å². The van der Waals surface area contributed by atoms with E-state index < -0.39 is 10.0 Å². The maximum absolute atomic E-state index is 11.5. The molecule has 0 heterocycles. The summed E-state index contributed by atoms with van der Waals surface area (Å²) in [6.07, 6.45) is 3.16. The molecule has 6 nitrogen and oxygen atoms in total. The van der Waals surface area contributed by atoms with Crippen molar-refractivity contribution in [2.24, 2.45) is 0 Å². The third-order valence-corrected chi connectivity index (χ3v) is 4.24. The number of rotatable bonds is 11. The molecule has 0 aromatic heterocycles. The third kappa shape index (κ3) is 10.2. The highest BCUT2D eigenvalue weighted by molar-refractivity contribution is 7.88. The van der Waals surface area contributed by atoms with Crippen molar-refractivity contribution in [3.63, 3.8) is 0 Å². The molecule has 0 radical (unpaired) electrons. The van der Waals surface area contributed by atoms with Crippen LogP contribution in [0.5, 0.6) is 0 Å². The summed E-state index contributed by atoms with van der Waals surface area (Å²) in [5.41, 5.74) is 0. The van der Waals surface area contributed by atoms with Crippen LogP contribution in [0.1, 0.15) is 40.0 Å². The standard InChI is InChI=1S/C13H29N3O3S/c1-5-16(20(4,18)19)11-7-10-15-13(17)8-6-9-14-12(2)3/h12,14H,5-11H2,1-4H3,(H,15,17). The zero-order chi connectivity index (χ0) is 15.6. The van der Waals surface area contributed by atoms with Crippen LogP contribution in [-0.4, -0.2) is 57.1 Å². The molecule has 0 aromatic rings. The minimum atomic E-state index is -3.13. The van der Waals surface area contributed by atoms with Crippen molar-refractivity contribution in [3.8, 4) is 0 Å². The third-order valence-electron chi connectivity index (χ3n) is 2.86. The van der Waals surface area contributed by atoms with E-state index in [0.717, 1.165) is 13.0 Å². The lowest BCUT2D eigenvalue weighted by molar-refractivity contribution is -0.121. The summed E-state index contributed by atoms with van der Waals surface area (Å²) < 4.78 is 24.1. The van der Waals surface area contributed by atoms with Gasteiger partial charge in [-0.25, -0.2) is 12.7 Å². The lowest BCUT2D eigenvalue weighted by Gasteiger charge is -2.17. The van der Waals surface area contributed by atoms with E-state index in [1.54, 1.807) is 6.92 Å². The maximum atomic E-state index is 11.5. The van der Waals surface area contributed by atoms with Crippen LogP contribution < -0.4 is 10.6 Å². The second-order valence-electron chi connectivity index (χ2n) is 5.17. The monoisotopic (exact) mass is 307 g/mol. The molecule has 0 spiro atoms. The first kappa shape index (κ1) is 19.3. The SMILES string of the molecule is CCN(CCCNC(=O)CCCNC(C)C)S(C)(=O)=O. The summed E-state index contributed by atoms with van der Waals surface area (Å²) in [5.74, 6) is 0.0259. The summed E-state index contributed by atoms with van der Waals surface area (Å²) in [6, 6.07) is 0.439. The van der Waals surface area contributed by atoms with Crippen molar-refractivity contribution in [1.82, 2.24) is 14.9 Å². The predicted molar refractivity (Wildman–Crippen MR) is 82.1 cm³/mol. The average molecular weight is 307 g/mol. The summed E-state index contributed by atoms with van der Waals surface area (Å²) in [7, 11) is -3.13. The number of hydrogen-bond donors (Lipinski definition) is 2. The maximum Gasteiger partial charge on any atom is 0.220 e. The van der Waals surface area contributed by atoms with Gasteiger partial charge >= 0.3 is 0 Å². The molecule has 7 heteroatoms. The van der Waals surface area contributed by atoms with Crippen molar-refractivity contribution in [1.29, 1.82) is 0 Å². The van der Waals surface area contributed by atoms with Gasteiger partial charge in [-0.15, -0.1) is 0 Å². The first-order valence-corrected chi connectivity index (χ1v) is 9.07. The van der Waals surface area contributed by atoms with E-state index in [9.17, 15) is 13.2 Å². The molecule has 120 valence electrons. The Labute approximate surface area is 123 Å². The van der Waals surface area contributed by atoms with Crippen molar-refractivity contribution in [3.05, 3.63) is 0 Å². The van der Waals surface area contributed by atoms with Gasteiger partial charge in [0.15, 0.2) is 0 Å². The normalized spacial score (nSPS) is 12.1. The lowest BCUT2D eigenvalue weighted by Crippen LogP contribution is -2.33. The van der Waals surface area contributed by atoms with E-state index in [1.807, 2.05) is 0 Å². The average Bonchev–Trinajstić information content (AvgIpc) is 2.32. The van der Waals surface area contributed by atoms with Crippen molar-refractivity contribution in [2.75, 3.05) is 32.4 Å². The molecule has 0 saturated carbocycles. The number of hydrogen-bond acceptors (Lipinski definition) is 4. The van der Waals surface area contributed by atoms with E-state index in [4.69, 9.17) is 0 Å². The molecule has 20 heavy (non-hydrogen) atoms. The quantitative estimate of drug-likeness (QED) is 0.547. The fourth-order valence-corrected chi connectivity index (χ4v) is 2.70. The van der Waals surface area contributed by atoms with Crippen molar-refractivity contribution >= 4 is 15.9 Å². The molecule has 0 bridgehead atoms. The number of carbonyl (C=O) groups is 1. The molecular weight excluding hydrogens is 278 g/mol. The Hall–Kier alpha value is -0.660. The summed E-state index contributed by atoms with van der Waals surface area (Å²) in [5, 5.41) is 6.07. The molecule has 1 amide bonds. The number of nitrogens with one attached hydrogen (secondary N) is 2. The fourth-order valence-electron chi connectivity index (χ4n) is 1.77. The number of carbonyl (C=O) groups excluding carboxylic acids is 1. The summed E-state index contributed by atoms with van der Waals surface area (Å²) >= 11 is 0. The zero-order valence-electron chi connectivity index (χ0n) is 13.1. The van der Waals surface area contributed by atoms with E-state index in [0.29, 0.717) is 38.5 Å². The van der Waals surface area contributed by atoms with Crippen LogP contribution in [0, 0.1) is 0 Å². The summed E-state index contributed by atoms with van der Waals surface area (Å²) in [6.45, 7) is 8.22. The smallest absolute Gasteiger partial charge is 0.220 e. The van der Waals surface area contributed by atoms with E-state index in [2.05, 4.69) is 24.5 Å². The molecule has 0 rings (SSSR count). The number of nitrogens with zero attached hydrogens (tertiary/aromatic N) is 1. The van der Waals surface area contributed by atoms with E-state index >= 15 is 0 Å². The molecule has 0 atom stereocenters. The Morgan fingerprint density at radius 1 is 1.20 bits per heavy atom. The van der Waals surface area contributed by atoms with Gasteiger partial charge in [0.2, 0.25) is 15.9 Å². The summed E-state index contributed by atoms with van der Waals surface area (Å²) in [4.78, 5) is 11.5. The second-order valence-corrected chi connectivity index (χ2v) is 7.15. The molecule has 2 N–H and O–H groups in total. The Kier molecular flexibility index (Phi) is 9.79. The highest BCUT2D eigenvalue weighted by Gasteiger charge is 2.13. The molecule has 0 saturated heterocycles. The van der Waals surface area contributed by atoms with Crippen LogP contribution in [0.2, 0.25) is 0 Å². The predicted octanol–water partition coefficient (Wildman–Crippen LogP) is 0.552. The van der Waals surface area contributed by atoms with Crippen LogP contribution in [0.3, 0.4) is 0 Å². The number of amides is 1. The van der Waals surface area contributed by atoms with Gasteiger partial charge in [0, 0.05) is 32.1 Å². The molecule has 0 aliphatic rings. The van der Waals surface area contributed by atoms with Crippen LogP contribution in [0.4, 0.5) is 0 Å². The molecule has 0 fully saturated rings. The largest absolute Gasteiger partial charge is 0.356 e. The van der Waals surface area contributed by atoms with Crippen LogP contribution in [0.15, 0.2) is 0 Å². The van der Waals surface area contributed by atoms with Gasteiger partial charge in [-0.3, -0.25) is 4.79 Å². The second kappa shape index (κ2) is 10.1. The Balaban J connectivity index is 3.66. The Morgan fingerprint density at radius 3 is 2.35 bits per heavy atom. The first-order valence-electron chi connectivity index (χ1n) is 7.22. The minimum Gasteiger partial charge on any atom is -0.356 e. The van der Waals surface area contributed by atoms with Gasteiger partial charge in [-0.1, -0.05) is 20.8 Å². The molecule has 0 aromatic carbocycles. The Bertz CT molecular complexity index is 369. The van der Waals surface area contributed by atoms with E-state index in [-0.39, 0.29) is 5.91 Å². The Morgan fingerprint density at radius 2 is 1.85 bits per heavy atom. The number of sulfonamides is 1. The first-order chi connectivity index (χ1) is 9.27. The van der Waals surface area contributed by atoms with Gasteiger partial charge in [-0.2, -0.15) is 0 Å². The van der Waals surface area contributed by atoms with Crippen LogP contribution in [-0.2, 0) is 14.8 Å². The topological polar surface area (TPSA) is 78.5 Å². The van der Waals surface area contributed by atoms with E-state index in [1.165, 1.54) is 10.6 Å². The van der Waals surface area contributed by atoms with Gasteiger partial charge < -0.3 is 10.6 Å². The molecule has 0 unspecified atom stereocenters. The van der Waals surface area contributed by atoms with Gasteiger partial charge in [0.05, 0.1) is 6.26 Å². The van der Waals surface area contributed by atoms with Gasteiger partial charge in [0.1, 0.15) is 0 Å².